The third-order valence-corrected chi connectivity index (χ3v) is 5.35. The van der Waals surface area contributed by atoms with E-state index in [4.69, 9.17) is 9.47 Å². The van der Waals surface area contributed by atoms with E-state index in [1.54, 1.807) is 7.11 Å². The smallest absolute Gasteiger partial charge is 0.239 e. The molecule has 1 aromatic rings. The summed E-state index contributed by atoms with van der Waals surface area (Å²) in [6.45, 7) is 2.57. The van der Waals surface area contributed by atoms with Crippen molar-refractivity contribution in [3.8, 4) is 5.75 Å². The second kappa shape index (κ2) is 9.41. The van der Waals surface area contributed by atoms with E-state index < -0.39 is 0 Å². The van der Waals surface area contributed by atoms with Gasteiger partial charge in [-0.1, -0.05) is 31.4 Å². The Balaban J connectivity index is 0.00000225. The molecule has 140 valence electrons. The molecule has 0 radical (unpaired) electrons. The maximum absolute atomic E-state index is 12.4. The Morgan fingerprint density at radius 1 is 1.28 bits per heavy atom. The predicted octanol–water partition coefficient (Wildman–Crippen LogP) is 2.42. The Morgan fingerprint density at radius 3 is 2.60 bits per heavy atom. The van der Waals surface area contributed by atoms with Crippen molar-refractivity contribution in [1.29, 1.82) is 0 Å². The maximum Gasteiger partial charge on any atom is 0.239 e. The summed E-state index contributed by atoms with van der Waals surface area (Å²) in [7, 11) is 1.69. The molecule has 1 saturated carbocycles. The molecule has 1 atom stereocenters. The van der Waals surface area contributed by atoms with Crippen LogP contribution in [0.2, 0.25) is 0 Å². The second-order valence-corrected chi connectivity index (χ2v) is 6.87. The Bertz CT molecular complexity index is 538. The third kappa shape index (κ3) is 4.87. The summed E-state index contributed by atoms with van der Waals surface area (Å²) < 4.78 is 10.7. The summed E-state index contributed by atoms with van der Waals surface area (Å²) in [5, 5.41) is 6.40. The molecule has 1 saturated heterocycles. The molecule has 0 aromatic heterocycles. The number of morpholine rings is 1. The highest BCUT2D eigenvalue weighted by molar-refractivity contribution is 5.85. The molecule has 1 amide bonds. The first-order chi connectivity index (χ1) is 11.7. The van der Waals surface area contributed by atoms with E-state index >= 15 is 0 Å². The van der Waals surface area contributed by atoms with Gasteiger partial charge in [0.15, 0.2) is 0 Å². The molecule has 1 unspecified atom stereocenters. The number of carbonyl (C=O) groups excluding carboxylic acids is 1. The van der Waals surface area contributed by atoms with E-state index in [1.807, 2.05) is 12.1 Å². The van der Waals surface area contributed by atoms with Gasteiger partial charge >= 0.3 is 0 Å². The van der Waals surface area contributed by atoms with Crippen molar-refractivity contribution in [1.82, 2.24) is 10.6 Å². The summed E-state index contributed by atoms with van der Waals surface area (Å²) in [6.07, 6.45) is 5.95. The lowest BCUT2D eigenvalue weighted by atomic mass is 9.69. The zero-order valence-corrected chi connectivity index (χ0v) is 15.7. The minimum Gasteiger partial charge on any atom is -0.497 e. The fraction of sp³-hybridized carbons (Fsp3) is 0.632. The number of halogens is 1. The lowest BCUT2D eigenvalue weighted by molar-refractivity contribution is -0.126. The fourth-order valence-electron chi connectivity index (χ4n) is 3.85. The van der Waals surface area contributed by atoms with E-state index in [2.05, 4.69) is 22.8 Å². The Labute approximate surface area is 156 Å². The zero-order chi connectivity index (χ0) is 16.8. The van der Waals surface area contributed by atoms with Crippen LogP contribution in [0.4, 0.5) is 0 Å². The van der Waals surface area contributed by atoms with Gasteiger partial charge in [0.05, 0.1) is 20.3 Å². The summed E-state index contributed by atoms with van der Waals surface area (Å²) >= 11 is 0. The van der Waals surface area contributed by atoms with E-state index in [-0.39, 0.29) is 29.8 Å². The van der Waals surface area contributed by atoms with Crippen LogP contribution in [0.3, 0.4) is 0 Å². The van der Waals surface area contributed by atoms with Gasteiger partial charge in [-0.2, -0.15) is 0 Å². The maximum atomic E-state index is 12.4. The van der Waals surface area contributed by atoms with Crippen molar-refractivity contribution in [3.63, 3.8) is 0 Å². The van der Waals surface area contributed by atoms with Crippen molar-refractivity contribution in [2.24, 2.45) is 0 Å². The first kappa shape index (κ1) is 20.0. The topological polar surface area (TPSA) is 59.6 Å². The minimum atomic E-state index is -0.227. The average molecular weight is 369 g/mol. The molecule has 25 heavy (non-hydrogen) atoms. The number of hydrogen-bond donors (Lipinski definition) is 2. The van der Waals surface area contributed by atoms with Gasteiger partial charge in [0, 0.05) is 18.5 Å². The second-order valence-electron chi connectivity index (χ2n) is 6.87. The molecular weight excluding hydrogens is 340 g/mol. The van der Waals surface area contributed by atoms with Gasteiger partial charge in [-0.3, -0.25) is 4.79 Å². The molecule has 5 nitrogen and oxygen atoms in total. The van der Waals surface area contributed by atoms with Crippen LogP contribution >= 0.6 is 12.4 Å². The van der Waals surface area contributed by atoms with Gasteiger partial charge in [0.2, 0.25) is 5.91 Å². The molecule has 0 spiro atoms. The highest BCUT2D eigenvalue weighted by atomic mass is 35.5. The van der Waals surface area contributed by atoms with E-state index in [0.29, 0.717) is 19.8 Å². The number of hydrogen-bond acceptors (Lipinski definition) is 4. The van der Waals surface area contributed by atoms with Gasteiger partial charge in [0.25, 0.3) is 0 Å². The Kier molecular flexibility index (Phi) is 7.54. The number of amides is 1. The van der Waals surface area contributed by atoms with Gasteiger partial charge in [-0.25, -0.2) is 0 Å². The average Bonchev–Trinajstić information content (AvgIpc) is 2.67. The molecule has 3 rings (SSSR count). The van der Waals surface area contributed by atoms with Crippen molar-refractivity contribution >= 4 is 18.3 Å². The molecule has 2 fully saturated rings. The van der Waals surface area contributed by atoms with Gasteiger partial charge < -0.3 is 20.1 Å². The number of benzene rings is 1. The molecule has 1 heterocycles. The summed E-state index contributed by atoms with van der Waals surface area (Å²) in [4.78, 5) is 12.4. The molecular formula is C19H29ClN2O3. The first-order valence-electron chi connectivity index (χ1n) is 8.97. The highest BCUT2D eigenvalue weighted by Gasteiger charge is 2.35. The van der Waals surface area contributed by atoms with Crippen molar-refractivity contribution in [3.05, 3.63) is 29.8 Å². The zero-order valence-electron chi connectivity index (χ0n) is 14.9. The summed E-state index contributed by atoms with van der Waals surface area (Å²) in [5.74, 6) is 0.922. The standard InChI is InChI=1S/C19H28N2O3.ClH/c1-23-16-7-5-15(6-8-16)19(9-3-2-4-10-19)14-21-18(22)17-13-24-12-11-20-17;/h5-8,17,20H,2-4,9-14H2,1H3,(H,21,22);1H. The quantitative estimate of drug-likeness (QED) is 0.838. The van der Waals surface area contributed by atoms with Crippen LogP contribution in [-0.4, -0.2) is 45.4 Å². The molecule has 2 N–H and O–H groups in total. The van der Waals surface area contributed by atoms with Crippen LogP contribution in [0.25, 0.3) is 0 Å². The van der Waals surface area contributed by atoms with Crippen LogP contribution in [0.15, 0.2) is 24.3 Å². The molecule has 1 aromatic carbocycles. The number of nitrogens with one attached hydrogen (secondary N) is 2. The lowest BCUT2D eigenvalue weighted by Gasteiger charge is -2.38. The number of rotatable bonds is 5. The SMILES string of the molecule is COc1ccc(C2(CNC(=O)C3COCCN3)CCCCC2)cc1.Cl. The van der Waals surface area contributed by atoms with Crippen molar-refractivity contribution < 1.29 is 14.3 Å². The summed E-state index contributed by atoms with van der Waals surface area (Å²) in [5.41, 5.74) is 1.34. The summed E-state index contributed by atoms with van der Waals surface area (Å²) in [6, 6.07) is 8.11. The predicted molar refractivity (Wildman–Crippen MR) is 101 cm³/mol. The van der Waals surface area contributed by atoms with Crippen LogP contribution in [0, 0.1) is 0 Å². The van der Waals surface area contributed by atoms with Gasteiger partial charge in [-0.15, -0.1) is 12.4 Å². The van der Waals surface area contributed by atoms with Crippen LogP contribution in [0.1, 0.15) is 37.7 Å². The van der Waals surface area contributed by atoms with Crippen LogP contribution in [-0.2, 0) is 14.9 Å². The third-order valence-electron chi connectivity index (χ3n) is 5.35. The van der Waals surface area contributed by atoms with E-state index in [0.717, 1.165) is 25.1 Å². The molecule has 1 aliphatic carbocycles. The highest BCUT2D eigenvalue weighted by Crippen LogP contribution is 2.39. The van der Waals surface area contributed by atoms with Crippen LogP contribution in [0.5, 0.6) is 5.75 Å². The van der Waals surface area contributed by atoms with Gasteiger partial charge in [0.1, 0.15) is 11.8 Å². The Hall–Kier alpha value is -1.30. The van der Waals surface area contributed by atoms with Crippen molar-refractivity contribution in [2.45, 2.75) is 43.6 Å². The largest absolute Gasteiger partial charge is 0.497 e. The van der Waals surface area contributed by atoms with E-state index in [9.17, 15) is 4.79 Å². The lowest BCUT2D eigenvalue weighted by Crippen LogP contribution is -2.53. The Morgan fingerprint density at radius 2 is 2.00 bits per heavy atom. The van der Waals surface area contributed by atoms with E-state index in [1.165, 1.54) is 24.8 Å². The number of carbonyl (C=O) groups is 1. The van der Waals surface area contributed by atoms with Crippen LogP contribution < -0.4 is 15.4 Å². The normalized spacial score (nSPS) is 22.5. The van der Waals surface area contributed by atoms with Gasteiger partial charge in [-0.05, 0) is 30.5 Å². The molecule has 1 aliphatic heterocycles. The molecule has 0 bridgehead atoms. The number of methoxy groups -OCH3 is 1. The van der Waals surface area contributed by atoms with Crippen molar-refractivity contribution in [2.75, 3.05) is 33.4 Å². The fourth-order valence-corrected chi connectivity index (χ4v) is 3.85. The first-order valence-corrected chi connectivity index (χ1v) is 8.97. The number of ether oxygens (including phenoxy) is 2. The minimum absolute atomic E-state index is 0. The molecule has 2 aliphatic rings. The monoisotopic (exact) mass is 368 g/mol. The molecule has 6 heteroatoms.